The number of ether oxygens (including phenoxy) is 1. The van der Waals surface area contributed by atoms with Crippen LogP contribution in [0.1, 0.15) is 11.1 Å². The molecule has 0 radical (unpaired) electrons. The lowest BCUT2D eigenvalue weighted by atomic mass is 10.2. The minimum absolute atomic E-state index is 0.0799. The van der Waals surface area contributed by atoms with Gasteiger partial charge in [-0.3, -0.25) is 4.90 Å². The summed E-state index contributed by atoms with van der Waals surface area (Å²) >= 11 is 0. The molecule has 144 valence electrons. The Bertz CT molecular complexity index is 883. The highest BCUT2D eigenvalue weighted by Crippen LogP contribution is 2.16. The zero-order chi connectivity index (χ0) is 19.8. The number of carbonyl (C=O) groups excluding carboxylic acids is 2. The van der Waals surface area contributed by atoms with E-state index in [1.165, 1.54) is 0 Å². The van der Waals surface area contributed by atoms with Crippen molar-refractivity contribution in [2.75, 3.05) is 31.6 Å². The van der Waals surface area contributed by atoms with Gasteiger partial charge in [0, 0.05) is 30.9 Å². The molecule has 1 saturated heterocycles. The molecule has 0 unspecified atom stereocenters. The molecule has 2 aromatic carbocycles. The molecular formula is C21H22N4O3. The number of benzene rings is 2. The van der Waals surface area contributed by atoms with Gasteiger partial charge in [-0.25, -0.2) is 9.59 Å². The van der Waals surface area contributed by atoms with Crippen molar-refractivity contribution in [2.45, 2.75) is 6.54 Å². The Morgan fingerprint density at radius 2 is 1.89 bits per heavy atom. The van der Waals surface area contributed by atoms with Gasteiger partial charge in [0.1, 0.15) is 5.75 Å². The Balaban J connectivity index is 1.41. The van der Waals surface area contributed by atoms with Crippen molar-refractivity contribution in [3.8, 4) is 17.6 Å². The molecule has 0 saturated carbocycles. The Morgan fingerprint density at radius 1 is 1.14 bits per heavy atom. The van der Waals surface area contributed by atoms with Crippen LogP contribution in [0.3, 0.4) is 0 Å². The summed E-state index contributed by atoms with van der Waals surface area (Å²) in [4.78, 5) is 25.1. The van der Waals surface area contributed by atoms with E-state index >= 15 is 0 Å². The van der Waals surface area contributed by atoms with Crippen LogP contribution in [-0.4, -0.2) is 38.8 Å². The van der Waals surface area contributed by atoms with Crippen LogP contribution in [0.5, 0.6) is 5.75 Å². The number of amides is 4. The van der Waals surface area contributed by atoms with Crippen LogP contribution in [0.2, 0.25) is 0 Å². The first kappa shape index (κ1) is 19.1. The van der Waals surface area contributed by atoms with Crippen molar-refractivity contribution >= 4 is 17.7 Å². The number of urea groups is 2. The summed E-state index contributed by atoms with van der Waals surface area (Å²) in [7, 11) is 1.61. The molecule has 4 amide bonds. The lowest BCUT2D eigenvalue weighted by Crippen LogP contribution is -2.35. The Kier molecular flexibility index (Phi) is 6.37. The Hall–Kier alpha value is -3.66. The van der Waals surface area contributed by atoms with E-state index in [2.05, 4.69) is 27.8 Å². The summed E-state index contributed by atoms with van der Waals surface area (Å²) in [5.41, 5.74) is 2.65. The maximum atomic E-state index is 11.8. The quantitative estimate of drug-likeness (QED) is 0.697. The molecule has 1 fully saturated rings. The van der Waals surface area contributed by atoms with Crippen molar-refractivity contribution in [1.29, 1.82) is 0 Å². The fourth-order valence-electron chi connectivity index (χ4n) is 2.70. The standard InChI is InChI=1S/C21H22N4O3/c1-28-19-10-6-17(7-11-19)15-24-20(26)22-12-2-3-16-4-8-18(9-5-16)25-14-13-23-21(25)27/h4-11H,12-15H2,1H3,(H,23,27)(H2,22,24,26). The van der Waals surface area contributed by atoms with Gasteiger partial charge in [-0.2, -0.15) is 0 Å². The lowest BCUT2D eigenvalue weighted by molar-refractivity contribution is 0.241. The van der Waals surface area contributed by atoms with E-state index in [9.17, 15) is 9.59 Å². The van der Waals surface area contributed by atoms with E-state index in [1.807, 2.05) is 48.5 Å². The normalized spacial score (nSPS) is 12.6. The molecular weight excluding hydrogens is 356 g/mol. The molecule has 0 spiro atoms. The van der Waals surface area contributed by atoms with Gasteiger partial charge in [-0.05, 0) is 42.0 Å². The van der Waals surface area contributed by atoms with Crippen molar-refractivity contribution in [2.24, 2.45) is 0 Å². The maximum absolute atomic E-state index is 11.8. The first-order valence-corrected chi connectivity index (χ1v) is 8.94. The molecule has 0 bridgehead atoms. The van der Waals surface area contributed by atoms with Gasteiger partial charge in [-0.1, -0.05) is 24.0 Å². The largest absolute Gasteiger partial charge is 0.497 e. The summed E-state index contributed by atoms with van der Waals surface area (Å²) < 4.78 is 5.10. The molecule has 0 aromatic heterocycles. The number of nitrogens with one attached hydrogen (secondary N) is 3. The van der Waals surface area contributed by atoms with Crippen molar-refractivity contribution < 1.29 is 14.3 Å². The second-order valence-corrected chi connectivity index (χ2v) is 6.12. The second-order valence-electron chi connectivity index (χ2n) is 6.12. The molecule has 1 aliphatic heterocycles. The predicted molar refractivity (Wildman–Crippen MR) is 107 cm³/mol. The molecule has 1 aliphatic rings. The van der Waals surface area contributed by atoms with Gasteiger partial charge in [-0.15, -0.1) is 0 Å². The van der Waals surface area contributed by atoms with Crippen LogP contribution in [-0.2, 0) is 6.54 Å². The highest BCUT2D eigenvalue weighted by molar-refractivity contribution is 5.94. The minimum atomic E-state index is -0.277. The zero-order valence-corrected chi connectivity index (χ0v) is 15.6. The van der Waals surface area contributed by atoms with E-state index in [1.54, 1.807) is 12.0 Å². The van der Waals surface area contributed by atoms with Crippen LogP contribution >= 0.6 is 0 Å². The number of carbonyl (C=O) groups is 2. The molecule has 0 atom stereocenters. The second kappa shape index (κ2) is 9.33. The fourth-order valence-corrected chi connectivity index (χ4v) is 2.70. The molecule has 3 N–H and O–H groups in total. The van der Waals surface area contributed by atoms with Gasteiger partial charge in [0.25, 0.3) is 0 Å². The molecule has 7 heteroatoms. The predicted octanol–water partition coefficient (Wildman–Crippen LogP) is 2.08. The van der Waals surface area contributed by atoms with E-state index in [0.29, 0.717) is 19.6 Å². The zero-order valence-electron chi connectivity index (χ0n) is 15.6. The highest BCUT2D eigenvalue weighted by Gasteiger charge is 2.20. The van der Waals surface area contributed by atoms with E-state index in [-0.39, 0.29) is 18.6 Å². The summed E-state index contributed by atoms with van der Waals surface area (Å²) in [6, 6.07) is 14.6. The third-order valence-electron chi connectivity index (χ3n) is 4.22. The van der Waals surface area contributed by atoms with Crippen LogP contribution in [0.15, 0.2) is 48.5 Å². The van der Waals surface area contributed by atoms with E-state index < -0.39 is 0 Å². The van der Waals surface area contributed by atoms with Gasteiger partial charge < -0.3 is 20.7 Å². The Labute approximate surface area is 164 Å². The van der Waals surface area contributed by atoms with E-state index in [4.69, 9.17) is 4.74 Å². The highest BCUT2D eigenvalue weighted by atomic mass is 16.5. The average molecular weight is 378 g/mol. The van der Waals surface area contributed by atoms with Crippen molar-refractivity contribution in [3.05, 3.63) is 59.7 Å². The number of hydrogen-bond acceptors (Lipinski definition) is 3. The summed E-state index contributed by atoms with van der Waals surface area (Å²) in [5, 5.41) is 8.24. The maximum Gasteiger partial charge on any atom is 0.321 e. The summed E-state index contributed by atoms with van der Waals surface area (Å²) in [5.74, 6) is 6.68. The first-order chi connectivity index (χ1) is 13.7. The fraction of sp³-hybridized carbons (Fsp3) is 0.238. The molecule has 7 nitrogen and oxygen atoms in total. The van der Waals surface area contributed by atoms with Gasteiger partial charge in [0.05, 0.1) is 13.7 Å². The molecule has 1 heterocycles. The first-order valence-electron chi connectivity index (χ1n) is 8.94. The number of nitrogens with zero attached hydrogens (tertiary/aromatic N) is 1. The van der Waals surface area contributed by atoms with Crippen LogP contribution in [0.25, 0.3) is 0 Å². The van der Waals surface area contributed by atoms with Gasteiger partial charge >= 0.3 is 12.1 Å². The van der Waals surface area contributed by atoms with Crippen LogP contribution < -0.4 is 25.6 Å². The topological polar surface area (TPSA) is 82.7 Å². The van der Waals surface area contributed by atoms with E-state index in [0.717, 1.165) is 22.6 Å². The van der Waals surface area contributed by atoms with Gasteiger partial charge in [0.15, 0.2) is 0 Å². The molecule has 3 rings (SSSR count). The number of methoxy groups -OCH3 is 1. The van der Waals surface area contributed by atoms with Gasteiger partial charge in [0.2, 0.25) is 0 Å². The number of hydrogen-bond donors (Lipinski definition) is 3. The van der Waals surface area contributed by atoms with Crippen LogP contribution in [0.4, 0.5) is 15.3 Å². The molecule has 0 aliphatic carbocycles. The smallest absolute Gasteiger partial charge is 0.321 e. The monoisotopic (exact) mass is 378 g/mol. The third kappa shape index (κ3) is 5.17. The SMILES string of the molecule is COc1ccc(CNC(=O)NCC#Cc2ccc(N3CCNC3=O)cc2)cc1. The number of rotatable bonds is 5. The number of anilines is 1. The summed E-state index contributed by atoms with van der Waals surface area (Å²) in [6.07, 6.45) is 0. The Morgan fingerprint density at radius 3 is 2.54 bits per heavy atom. The van der Waals surface area contributed by atoms with Crippen LogP contribution in [0, 0.1) is 11.8 Å². The molecule has 2 aromatic rings. The van der Waals surface area contributed by atoms with Crippen molar-refractivity contribution in [3.63, 3.8) is 0 Å². The minimum Gasteiger partial charge on any atom is -0.497 e. The third-order valence-corrected chi connectivity index (χ3v) is 4.22. The van der Waals surface area contributed by atoms with Crippen molar-refractivity contribution in [1.82, 2.24) is 16.0 Å². The molecule has 28 heavy (non-hydrogen) atoms. The lowest BCUT2D eigenvalue weighted by Gasteiger charge is -2.13. The summed E-state index contributed by atoms with van der Waals surface area (Å²) in [6.45, 7) is 1.99. The average Bonchev–Trinajstić information content (AvgIpc) is 3.16.